The molecule has 0 amide bonds. The van der Waals surface area contributed by atoms with Gasteiger partial charge in [0.1, 0.15) is 13.2 Å². The molecule has 0 aliphatic carbocycles. The molecule has 0 saturated carbocycles. The van der Waals surface area contributed by atoms with Crippen LogP contribution in [0.15, 0.2) is 23.1 Å². The molecule has 1 saturated heterocycles. The fourth-order valence-corrected chi connectivity index (χ4v) is 4.26. The smallest absolute Gasteiger partial charge is 0.243 e. The Bertz CT molecular complexity index is 630. The lowest BCUT2D eigenvalue weighted by molar-refractivity contribution is -0.0232. The fourth-order valence-electron chi connectivity index (χ4n) is 2.56. The number of benzene rings is 1. The fraction of sp³-hybridized carbons (Fsp3) is 0.571. The van der Waals surface area contributed by atoms with E-state index in [-0.39, 0.29) is 17.0 Å². The first-order valence-electron chi connectivity index (χ1n) is 7.03. The van der Waals surface area contributed by atoms with Gasteiger partial charge in [0, 0.05) is 18.7 Å². The summed E-state index contributed by atoms with van der Waals surface area (Å²) in [4.78, 5) is 0.229. The maximum atomic E-state index is 12.8. The van der Waals surface area contributed by atoms with Gasteiger partial charge in [0.25, 0.3) is 0 Å². The first-order valence-corrected chi connectivity index (χ1v) is 8.47. The highest BCUT2D eigenvalue weighted by Gasteiger charge is 2.35. The van der Waals surface area contributed by atoms with E-state index in [1.54, 1.807) is 12.1 Å². The minimum absolute atomic E-state index is 0.120. The minimum atomic E-state index is -3.56. The lowest BCUT2D eigenvalue weighted by Crippen LogP contribution is -2.51. The average molecular weight is 313 g/mol. The topological polar surface area (TPSA) is 65.1 Å². The van der Waals surface area contributed by atoms with E-state index >= 15 is 0 Å². The van der Waals surface area contributed by atoms with Crippen LogP contribution in [-0.2, 0) is 14.8 Å². The first-order chi connectivity index (χ1) is 10.00. The van der Waals surface area contributed by atoms with Gasteiger partial charge < -0.3 is 14.2 Å². The summed E-state index contributed by atoms with van der Waals surface area (Å²) in [6.07, 6.45) is -0.120. The molecule has 1 aromatic carbocycles. The van der Waals surface area contributed by atoms with Gasteiger partial charge in [-0.3, -0.25) is 0 Å². The third kappa shape index (κ3) is 2.61. The summed E-state index contributed by atoms with van der Waals surface area (Å²) >= 11 is 0. The summed E-state index contributed by atoms with van der Waals surface area (Å²) in [6.45, 7) is 5.44. The van der Waals surface area contributed by atoms with E-state index in [2.05, 4.69) is 0 Å². The van der Waals surface area contributed by atoms with E-state index in [0.29, 0.717) is 37.9 Å². The Kier molecular flexibility index (Phi) is 3.81. The van der Waals surface area contributed by atoms with Gasteiger partial charge in [-0.2, -0.15) is 4.31 Å². The van der Waals surface area contributed by atoms with Crippen LogP contribution in [-0.4, -0.2) is 51.2 Å². The van der Waals surface area contributed by atoms with Crippen molar-refractivity contribution in [3.05, 3.63) is 18.2 Å². The van der Waals surface area contributed by atoms with Crippen molar-refractivity contribution >= 4 is 10.0 Å². The van der Waals surface area contributed by atoms with Gasteiger partial charge in [0.05, 0.1) is 17.6 Å². The molecule has 21 heavy (non-hydrogen) atoms. The van der Waals surface area contributed by atoms with Crippen molar-refractivity contribution in [2.45, 2.75) is 30.9 Å². The summed E-state index contributed by atoms with van der Waals surface area (Å²) < 4.78 is 43.5. The number of hydrogen-bond acceptors (Lipinski definition) is 5. The molecule has 0 bridgehead atoms. The lowest BCUT2D eigenvalue weighted by Gasteiger charge is -2.36. The van der Waals surface area contributed by atoms with E-state index in [1.165, 1.54) is 10.4 Å². The summed E-state index contributed by atoms with van der Waals surface area (Å²) in [7, 11) is -3.56. The zero-order chi connectivity index (χ0) is 15.0. The molecule has 1 fully saturated rings. The molecule has 0 radical (unpaired) electrons. The predicted molar refractivity (Wildman–Crippen MR) is 76.2 cm³/mol. The van der Waals surface area contributed by atoms with Crippen molar-refractivity contribution in [3.63, 3.8) is 0 Å². The van der Waals surface area contributed by atoms with Crippen molar-refractivity contribution in [3.8, 4) is 11.5 Å². The number of sulfonamides is 1. The van der Waals surface area contributed by atoms with Crippen LogP contribution < -0.4 is 9.47 Å². The zero-order valence-electron chi connectivity index (χ0n) is 12.1. The van der Waals surface area contributed by atoms with E-state index in [1.807, 2.05) is 13.8 Å². The summed E-state index contributed by atoms with van der Waals surface area (Å²) in [5, 5.41) is 0. The molecule has 0 N–H and O–H groups in total. The molecule has 2 atom stereocenters. The molecular weight excluding hydrogens is 294 g/mol. The predicted octanol–water partition coefficient (Wildman–Crippen LogP) is 1.26. The van der Waals surface area contributed by atoms with Crippen molar-refractivity contribution in [2.75, 3.05) is 26.4 Å². The summed E-state index contributed by atoms with van der Waals surface area (Å²) in [5.74, 6) is 1.07. The van der Waals surface area contributed by atoms with E-state index in [9.17, 15) is 8.42 Å². The molecular formula is C14H19NO5S. The number of fused-ring (bicyclic) bond motifs is 1. The van der Waals surface area contributed by atoms with Crippen LogP contribution in [0.4, 0.5) is 0 Å². The zero-order valence-corrected chi connectivity index (χ0v) is 12.9. The molecule has 7 heteroatoms. The highest BCUT2D eigenvalue weighted by atomic mass is 32.2. The Hall–Kier alpha value is -1.31. The Morgan fingerprint density at radius 3 is 2.57 bits per heavy atom. The second-order valence-electron chi connectivity index (χ2n) is 5.24. The molecule has 2 heterocycles. The Balaban J connectivity index is 1.94. The first kappa shape index (κ1) is 14.6. The largest absolute Gasteiger partial charge is 0.486 e. The van der Waals surface area contributed by atoms with Crippen molar-refractivity contribution < 1.29 is 22.6 Å². The minimum Gasteiger partial charge on any atom is -0.486 e. The average Bonchev–Trinajstić information content (AvgIpc) is 2.49. The molecule has 2 aliphatic rings. The van der Waals surface area contributed by atoms with Crippen molar-refractivity contribution in [1.82, 2.24) is 4.31 Å². The monoisotopic (exact) mass is 313 g/mol. The maximum absolute atomic E-state index is 12.8. The number of hydrogen-bond donors (Lipinski definition) is 0. The molecule has 0 spiro atoms. The Morgan fingerprint density at radius 2 is 1.81 bits per heavy atom. The van der Waals surface area contributed by atoms with Gasteiger partial charge in [-0.15, -0.1) is 0 Å². The molecule has 2 unspecified atom stereocenters. The van der Waals surface area contributed by atoms with E-state index in [0.717, 1.165) is 0 Å². The highest BCUT2D eigenvalue weighted by Crippen LogP contribution is 2.34. The third-order valence-corrected chi connectivity index (χ3v) is 5.93. The highest BCUT2D eigenvalue weighted by molar-refractivity contribution is 7.89. The number of morpholine rings is 1. The Labute approximate surface area is 124 Å². The molecule has 6 nitrogen and oxygen atoms in total. The molecule has 2 aliphatic heterocycles. The van der Waals surface area contributed by atoms with Crippen LogP contribution in [0.5, 0.6) is 11.5 Å². The van der Waals surface area contributed by atoms with Gasteiger partial charge in [-0.25, -0.2) is 8.42 Å². The van der Waals surface area contributed by atoms with Crippen molar-refractivity contribution in [2.24, 2.45) is 0 Å². The van der Waals surface area contributed by atoms with Gasteiger partial charge in [0.15, 0.2) is 11.5 Å². The maximum Gasteiger partial charge on any atom is 0.243 e. The molecule has 1 aromatic rings. The normalized spacial score (nSPS) is 26.6. The van der Waals surface area contributed by atoms with Crippen LogP contribution in [0.2, 0.25) is 0 Å². The lowest BCUT2D eigenvalue weighted by atomic mass is 10.2. The molecule has 0 aromatic heterocycles. The van der Waals surface area contributed by atoms with Crippen LogP contribution in [0.3, 0.4) is 0 Å². The molecule has 116 valence electrons. The van der Waals surface area contributed by atoms with Gasteiger partial charge in [0.2, 0.25) is 10.0 Å². The van der Waals surface area contributed by atoms with Crippen molar-refractivity contribution in [1.29, 1.82) is 0 Å². The quantitative estimate of drug-likeness (QED) is 0.822. The van der Waals surface area contributed by atoms with E-state index in [4.69, 9.17) is 14.2 Å². The number of nitrogens with zero attached hydrogens (tertiary/aromatic N) is 1. The van der Waals surface area contributed by atoms with Crippen LogP contribution in [0, 0.1) is 0 Å². The van der Waals surface area contributed by atoms with Gasteiger partial charge in [-0.05, 0) is 26.0 Å². The van der Waals surface area contributed by atoms with Crippen LogP contribution >= 0.6 is 0 Å². The van der Waals surface area contributed by atoms with Crippen LogP contribution in [0.1, 0.15) is 13.8 Å². The van der Waals surface area contributed by atoms with Gasteiger partial charge in [-0.1, -0.05) is 0 Å². The third-order valence-electron chi connectivity index (χ3n) is 3.95. The van der Waals surface area contributed by atoms with Crippen LogP contribution in [0.25, 0.3) is 0 Å². The second kappa shape index (κ2) is 5.47. The number of rotatable bonds is 2. The van der Waals surface area contributed by atoms with Gasteiger partial charge >= 0.3 is 0 Å². The SMILES string of the molecule is CC1OCCN(S(=O)(=O)c2ccc3c(c2)OCCO3)C1C. The Morgan fingerprint density at radius 1 is 1.10 bits per heavy atom. The number of ether oxygens (including phenoxy) is 3. The standard InChI is InChI=1S/C14H19NO5S/c1-10-11(2)18-6-5-15(10)21(16,17)12-3-4-13-14(9-12)20-8-7-19-13/h3-4,9-11H,5-8H2,1-2H3. The van der Waals surface area contributed by atoms with E-state index < -0.39 is 10.0 Å². The summed E-state index contributed by atoms with van der Waals surface area (Å²) in [6, 6.07) is 4.56. The molecule has 3 rings (SSSR count). The summed E-state index contributed by atoms with van der Waals surface area (Å²) in [5.41, 5.74) is 0. The second-order valence-corrected chi connectivity index (χ2v) is 7.13.